The van der Waals surface area contributed by atoms with Gasteiger partial charge in [0.05, 0.1) is 11.3 Å². The lowest BCUT2D eigenvalue weighted by atomic mass is 10.0. The highest BCUT2D eigenvalue weighted by molar-refractivity contribution is 6.06. The van der Waals surface area contributed by atoms with Crippen LogP contribution in [-0.4, -0.2) is 27.8 Å². The number of carbonyl (C=O) groups is 1. The molecule has 2 aromatic heterocycles. The number of rotatable bonds is 4. The number of carbonyl (C=O) groups excluding carboxylic acids is 1. The standard InChI is InChI=1S/C23H18FN3O/c1-27(15-16-9-11-18(24)12-10-16)23(28)20-14-21(17-6-3-2-4-7-17)26-22-19(20)8-5-13-25-22/h2-14H,15H2,1H3. The topological polar surface area (TPSA) is 46.1 Å². The fourth-order valence-electron chi connectivity index (χ4n) is 3.13. The monoisotopic (exact) mass is 371 g/mol. The average molecular weight is 371 g/mol. The fraction of sp³-hybridized carbons (Fsp3) is 0.0870. The number of halogens is 1. The SMILES string of the molecule is CN(Cc1ccc(F)cc1)C(=O)c1cc(-c2ccccc2)nc2ncccc12. The molecule has 0 bridgehead atoms. The van der Waals surface area contributed by atoms with Crippen molar-refractivity contribution in [3.63, 3.8) is 0 Å². The minimum Gasteiger partial charge on any atom is -0.337 e. The summed E-state index contributed by atoms with van der Waals surface area (Å²) in [6.45, 7) is 0.379. The number of hydrogen-bond acceptors (Lipinski definition) is 3. The van der Waals surface area contributed by atoms with Gasteiger partial charge < -0.3 is 4.90 Å². The van der Waals surface area contributed by atoms with Crippen molar-refractivity contribution in [2.45, 2.75) is 6.54 Å². The predicted molar refractivity (Wildman–Crippen MR) is 107 cm³/mol. The Kier molecular flexibility index (Phi) is 4.81. The zero-order chi connectivity index (χ0) is 19.5. The van der Waals surface area contributed by atoms with Gasteiger partial charge in [0.1, 0.15) is 5.82 Å². The maximum atomic E-state index is 13.2. The second-order valence-electron chi connectivity index (χ2n) is 6.58. The number of hydrogen-bond donors (Lipinski definition) is 0. The number of fused-ring (bicyclic) bond motifs is 1. The van der Waals surface area contributed by atoms with Crippen molar-refractivity contribution in [1.29, 1.82) is 0 Å². The van der Waals surface area contributed by atoms with Gasteiger partial charge in [-0.05, 0) is 35.9 Å². The van der Waals surface area contributed by atoms with Crippen LogP contribution in [0.5, 0.6) is 0 Å². The molecule has 0 aliphatic heterocycles. The highest BCUT2D eigenvalue weighted by Crippen LogP contribution is 2.25. The maximum absolute atomic E-state index is 13.2. The Bertz CT molecular complexity index is 1130. The van der Waals surface area contributed by atoms with Gasteiger partial charge in [-0.25, -0.2) is 14.4 Å². The van der Waals surface area contributed by atoms with E-state index in [-0.39, 0.29) is 11.7 Å². The van der Waals surface area contributed by atoms with Crippen LogP contribution >= 0.6 is 0 Å². The van der Waals surface area contributed by atoms with E-state index in [1.807, 2.05) is 42.5 Å². The smallest absolute Gasteiger partial charge is 0.254 e. The quantitative estimate of drug-likeness (QED) is 0.522. The van der Waals surface area contributed by atoms with E-state index >= 15 is 0 Å². The highest BCUT2D eigenvalue weighted by Gasteiger charge is 2.18. The highest BCUT2D eigenvalue weighted by atomic mass is 19.1. The normalized spacial score (nSPS) is 10.8. The Morgan fingerprint density at radius 2 is 1.75 bits per heavy atom. The van der Waals surface area contributed by atoms with Crippen LogP contribution in [0.15, 0.2) is 79.0 Å². The van der Waals surface area contributed by atoms with Gasteiger partial charge in [0, 0.05) is 30.7 Å². The van der Waals surface area contributed by atoms with Crippen LogP contribution in [0.4, 0.5) is 4.39 Å². The van der Waals surface area contributed by atoms with E-state index in [1.165, 1.54) is 12.1 Å². The molecule has 4 rings (SSSR count). The number of aromatic nitrogens is 2. The summed E-state index contributed by atoms with van der Waals surface area (Å²) in [5.74, 6) is -0.432. The van der Waals surface area contributed by atoms with Crippen LogP contribution in [0.25, 0.3) is 22.3 Å². The van der Waals surface area contributed by atoms with Gasteiger partial charge in [0.25, 0.3) is 5.91 Å². The third-order valence-corrected chi connectivity index (χ3v) is 4.56. The van der Waals surface area contributed by atoms with E-state index in [0.29, 0.717) is 28.8 Å². The summed E-state index contributed by atoms with van der Waals surface area (Å²) in [6, 6.07) is 21.3. The second-order valence-corrected chi connectivity index (χ2v) is 6.58. The molecule has 2 heterocycles. The second kappa shape index (κ2) is 7.56. The number of nitrogens with zero attached hydrogens (tertiary/aromatic N) is 3. The first-order valence-corrected chi connectivity index (χ1v) is 8.93. The molecule has 28 heavy (non-hydrogen) atoms. The summed E-state index contributed by atoms with van der Waals surface area (Å²) in [4.78, 5) is 23.8. The Hall–Kier alpha value is -3.60. The van der Waals surface area contributed by atoms with Gasteiger partial charge in [0.15, 0.2) is 5.65 Å². The first kappa shape index (κ1) is 17.8. The molecular formula is C23H18FN3O. The summed E-state index contributed by atoms with van der Waals surface area (Å²) in [6.07, 6.45) is 1.67. The molecule has 0 aliphatic rings. The van der Waals surface area contributed by atoms with Crippen LogP contribution in [-0.2, 0) is 6.54 Å². The van der Waals surface area contributed by atoms with Gasteiger partial charge in [0.2, 0.25) is 0 Å². The molecule has 2 aromatic carbocycles. The average Bonchev–Trinajstić information content (AvgIpc) is 2.74. The molecular weight excluding hydrogens is 353 g/mol. The van der Waals surface area contributed by atoms with Crippen molar-refractivity contribution in [2.75, 3.05) is 7.05 Å². The molecule has 5 heteroatoms. The summed E-state index contributed by atoms with van der Waals surface area (Å²) in [5.41, 5.74) is 3.55. The first-order chi connectivity index (χ1) is 13.6. The minimum absolute atomic E-state index is 0.137. The molecule has 0 fully saturated rings. The van der Waals surface area contributed by atoms with Crippen molar-refractivity contribution in [3.8, 4) is 11.3 Å². The van der Waals surface area contributed by atoms with E-state index in [0.717, 1.165) is 11.1 Å². The first-order valence-electron chi connectivity index (χ1n) is 8.93. The lowest BCUT2D eigenvalue weighted by Gasteiger charge is -2.19. The van der Waals surface area contributed by atoms with Gasteiger partial charge in [-0.15, -0.1) is 0 Å². The van der Waals surface area contributed by atoms with E-state index in [2.05, 4.69) is 9.97 Å². The molecule has 0 saturated carbocycles. The van der Waals surface area contributed by atoms with Crippen molar-refractivity contribution < 1.29 is 9.18 Å². The Morgan fingerprint density at radius 3 is 2.50 bits per heavy atom. The van der Waals surface area contributed by atoms with Gasteiger partial charge in [-0.2, -0.15) is 0 Å². The lowest BCUT2D eigenvalue weighted by Crippen LogP contribution is -2.26. The van der Waals surface area contributed by atoms with Crippen LogP contribution in [0.2, 0.25) is 0 Å². The summed E-state index contributed by atoms with van der Waals surface area (Å²) >= 11 is 0. The number of benzene rings is 2. The van der Waals surface area contributed by atoms with E-state index in [4.69, 9.17) is 0 Å². The fourth-order valence-corrected chi connectivity index (χ4v) is 3.13. The van der Waals surface area contributed by atoms with Gasteiger partial charge in [-0.3, -0.25) is 4.79 Å². The molecule has 0 unspecified atom stereocenters. The summed E-state index contributed by atoms with van der Waals surface area (Å²) in [7, 11) is 1.73. The van der Waals surface area contributed by atoms with Crippen LogP contribution in [0.1, 0.15) is 15.9 Å². The minimum atomic E-state index is -0.295. The molecule has 1 amide bonds. The molecule has 4 nitrogen and oxygen atoms in total. The number of amides is 1. The summed E-state index contributed by atoms with van der Waals surface area (Å²) in [5, 5.41) is 0.707. The maximum Gasteiger partial charge on any atom is 0.254 e. The molecule has 0 radical (unpaired) electrons. The Labute approximate surface area is 162 Å². The third kappa shape index (κ3) is 3.60. The lowest BCUT2D eigenvalue weighted by molar-refractivity contribution is 0.0787. The zero-order valence-corrected chi connectivity index (χ0v) is 15.3. The molecule has 0 aliphatic carbocycles. The van der Waals surface area contributed by atoms with Crippen LogP contribution in [0, 0.1) is 5.82 Å². The Morgan fingerprint density at radius 1 is 1.00 bits per heavy atom. The molecule has 0 atom stereocenters. The van der Waals surface area contributed by atoms with Crippen LogP contribution in [0.3, 0.4) is 0 Å². The van der Waals surface area contributed by atoms with Gasteiger partial charge >= 0.3 is 0 Å². The largest absolute Gasteiger partial charge is 0.337 e. The predicted octanol–water partition coefficient (Wildman–Crippen LogP) is 4.71. The van der Waals surface area contributed by atoms with Crippen molar-refractivity contribution in [1.82, 2.24) is 14.9 Å². The number of pyridine rings is 2. The van der Waals surface area contributed by atoms with Crippen molar-refractivity contribution in [2.24, 2.45) is 0 Å². The molecule has 0 spiro atoms. The summed E-state index contributed by atoms with van der Waals surface area (Å²) < 4.78 is 13.1. The third-order valence-electron chi connectivity index (χ3n) is 4.56. The molecule has 0 N–H and O–H groups in total. The van der Waals surface area contributed by atoms with E-state index in [9.17, 15) is 9.18 Å². The van der Waals surface area contributed by atoms with Crippen LogP contribution < -0.4 is 0 Å². The molecule has 138 valence electrons. The Balaban J connectivity index is 1.73. The van der Waals surface area contributed by atoms with Crippen molar-refractivity contribution >= 4 is 16.9 Å². The molecule has 0 saturated heterocycles. The molecule has 4 aromatic rings. The van der Waals surface area contributed by atoms with E-state index in [1.54, 1.807) is 36.3 Å². The zero-order valence-electron chi connectivity index (χ0n) is 15.3. The van der Waals surface area contributed by atoms with Gasteiger partial charge in [-0.1, -0.05) is 42.5 Å². The van der Waals surface area contributed by atoms with Crippen molar-refractivity contribution in [3.05, 3.63) is 95.9 Å². The van der Waals surface area contributed by atoms with E-state index < -0.39 is 0 Å².